The Morgan fingerprint density at radius 1 is 1.24 bits per heavy atom. The largest absolute Gasteiger partial charge is 0.471 e. The van der Waals surface area contributed by atoms with E-state index in [1.165, 1.54) is 0 Å². The molecular weight excluding hydrogens is 411 g/mol. The number of aromatic nitrogens is 2. The summed E-state index contributed by atoms with van der Waals surface area (Å²) in [7, 11) is -3.54. The summed E-state index contributed by atoms with van der Waals surface area (Å²) < 4.78 is 74.9. The Balaban J connectivity index is 1.99. The number of hydrogen-bond donors (Lipinski definition) is 1. The number of rotatable bonds is 7. The van der Waals surface area contributed by atoms with E-state index >= 15 is 0 Å². The van der Waals surface area contributed by atoms with Crippen LogP contribution in [0.3, 0.4) is 0 Å². The molecule has 7 nitrogen and oxygen atoms in total. The molecule has 11 heteroatoms. The minimum absolute atomic E-state index is 0.0648. The first kappa shape index (κ1) is 21.7. The molecule has 1 aliphatic rings. The van der Waals surface area contributed by atoms with Crippen LogP contribution in [-0.4, -0.2) is 38.0 Å². The predicted molar refractivity (Wildman–Crippen MR) is 98.2 cm³/mol. The Hall–Kier alpha value is -1.98. The van der Waals surface area contributed by atoms with E-state index in [-0.39, 0.29) is 11.7 Å². The van der Waals surface area contributed by atoms with Gasteiger partial charge in [0.15, 0.2) is 0 Å². The van der Waals surface area contributed by atoms with Crippen molar-refractivity contribution in [1.82, 2.24) is 14.9 Å². The molecular formula is C18H22F3N3O4S. The second kappa shape index (κ2) is 8.04. The van der Waals surface area contributed by atoms with Crippen molar-refractivity contribution in [2.45, 2.75) is 37.9 Å². The number of sulfonamides is 1. The maximum absolute atomic E-state index is 12.7. The van der Waals surface area contributed by atoms with Crippen molar-refractivity contribution >= 4 is 10.0 Å². The summed E-state index contributed by atoms with van der Waals surface area (Å²) in [5.41, 5.74) is 0.176. The fourth-order valence-corrected chi connectivity index (χ4v) is 4.85. The first-order valence-corrected chi connectivity index (χ1v) is 11.0. The molecule has 0 aliphatic carbocycles. The van der Waals surface area contributed by atoms with Gasteiger partial charge in [0.2, 0.25) is 15.8 Å². The van der Waals surface area contributed by atoms with Gasteiger partial charge in [-0.1, -0.05) is 42.8 Å². The maximum atomic E-state index is 12.7. The van der Waals surface area contributed by atoms with Crippen LogP contribution in [0, 0.1) is 5.92 Å². The van der Waals surface area contributed by atoms with Gasteiger partial charge in [-0.3, -0.25) is 0 Å². The van der Waals surface area contributed by atoms with E-state index in [9.17, 15) is 21.6 Å². The van der Waals surface area contributed by atoms with Crippen molar-refractivity contribution in [3.63, 3.8) is 0 Å². The van der Waals surface area contributed by atoms with Crippen LogP contribution in [0.5, 0.6) is 0 Å². The third kappa shape index (κ3) is 4.78. The number of nitrogens with one attached hydrogen (secondary N) is 1. The van der Waals surface area contributed by atoms with Crippen LogP contribution in [-0.2, 0) is 26.5 Å². The van der Waals surface area contributed by atoms with Crippen molar-refractivity contribution in [1.29, 1.82) is 0 Å². The summed E-state index contributed by atoms with van der Waals surface area (Å²) in [5.74, 6) is -1.67. The number of hydrogen-bond acceptors (Lipinski definition) is 6. The summed E-state index contributed by atoms with van der Waals surface area (Å²) in [4.78, 5) is 3.38. The third-order valence-electron chi connectivity index (χ3n) is 4.97. The van der Waals surface area contributed by atoms with Crippen LogP contribution in [0.1, 0.15) is 37.6 Å². The van der Waals surface area contributed by atoms with Gasteiger partial charge in [0.05, 0.1) is 18.4 Å². The van der Waals surface area contributed by atoms with Gasteiger partial charge in [0, 0.05) is 18.1 Å². The van der Waals surface area contributed by atoms with Gasteiger partial charge in [-0.15, -0.1) is 0 Å². The molecule has 1 N–H and O–H groups in total. The minimum Gasteiger partial charge on any atom is -0.381 e. The van der Waals surface area contributed by atoms with E-state index in [0.29, 0.717) is 37.2 Å². The molecule has 160 valence electrons. The van der Waals surface area contributed by atoms with Crippen LogP contribution in [0.2, 0.25) is 0 Å². The molecule has 2 aromatic rings. The smallest absolute Gasteiger partial charge is 0.381 e. The molecule has 2 atom stereocenters. The summed E-state index contributed by atoms with van der Waals surface area (Å²) in [6.07, 6.45) is -1.64. The van der Waals surface area contributed by atoms with Crippen molar-refractivity contribution in [2.75, 3.05) is 19.5 Å². The van der Waals surface area contributed by atoms with Gasteiger partial charge >= 0.3 is 12.1 Å². The Morgan fingerprint density at radius 3 is 2.41 bits per heavy atom. The lowest BCUT2D eigenvalue weighted by Crippen LogP contribution is -2.51. The van der Waals surface area contributed by atoms with Crippen molar-refractivity contribution in [3.05, 3.63) is 35.7 Å². The quantitative estimate of drug-likeness (QED) is 0.720. The highest BCUT2D eigenvalue weighted by atomic mass is 32.2. The van der Waals surface area contributed by atoms with Crippen LogP contribution >= 0.6 is 0 Å². The molecule has 0 saturated carbocycles. The topological polar surface area (TPSA) is 94.3 Å². The van der Waals surface area contributed by atoms with Crippen molar-refractivity contribution in [2.24, 2.45) is 5.92 Å². The summed E-state index contributed by atoms with van der Waals surface area (Å²) in [6, 6.07) is 6.49. The molecule has 2 heterocycles. The molecule has 3 rings (SSSR count). The van der Waals surface area contributed by atoms with Crippen molar-refractivity contribution < 1.29 is 30.8 Å². The lowest BCUT2D eigenvalue weighted by molar-refractivity contribution is -0.159. The fourth-order valence-electron chi connectivity index (χ4n) is 3.80. The number of halogens is 3. The van der Waals surface area contributed by atoms with E-state index in [1.807, 2.05) is 6.92 Å². The molecule has 1 saturated heterocycles. The standard InChI is InChI=1S/C18H22F3N3O4S/c1-3-9-17(24-29(2,25)26,14-8-10-27-11-14)13-6-4-12(5-7-13)15-22-16(28-23-15)18(19,20)21/h4-7,14,24H,3,8-11H2,1-2H3. The second-order valence-electron chi connectivity index (χ2n) is 7.15. The summed E-state index contributed by atoms with van der Waals surface area (Å²) in [5, 5.41) is 3.38. The SMILES string of the molecule is CCCC(NS(C)(=O)=O)(c1ccc(-c2noc(C(F)(F)F)n2)cc1)C1CCOC1. The molecule has 2 unspecified atom stereocenters. The Bertz CT molecular complexity index is 938. The second-order valence-corrected chi connectivity index (χ2v) is 8.90. The van der Waals surface area contributed by atoms with E-state index in [4.69, 9.17) is 4.74 Å². The van der Waals surface area contributed by atoms with Crippen LogP contribution < -0.4 is 4.72 Å². The molecule has 0 bridgehead atoms. The highest BCUT2D eigenvalue weighted by Gasteiger charge is 2.44. The van der Waals surface area contributed by atoms with E-state index < -0.39 is 27.6 Å². The Labute approximate surface area is 166 Å². The zero-order valence-electron chi connectivity index (χ0n) is 16.0. The average molecular weight is 433 g/mol. The summed E-state index contributed by atoms with van der Waals surface area (Å²) >= 11 is 0. The molecule has 0 amide bonds. The number of benzene rings is 1. The van der Waals surface area contributed by atoms with Gasteiger partial charge in [-0.25, -0.2) is 13.1 Å². The van der Waals surface area contributed by atoms with Gasteiger partial charge in [0.25, 0.3) is 0 Å². The molecule has 1 aliphatic heterocycles. The third-order valence-corrected chi connectivity index (χ3v) is 5.70. The Kier molecular flexibility index (Phi) is 6.02. The fraction of sp³-hybridized carbons (Fsp3) is 0.556. The molecule has 1 fully saturated rings. The monoisotopic (exact) mass is 433 g/mol. The Morgan fingerprint density at radius 2 is 1.93 bits per heavy atom. The van der Waals surface area contributed by atoms with Gasteiger partial charge in [-0.05, 0) is 18.4 Å². The number of ether oxygens (including phenoxy) is 1. The van der Waals surface area contributed by atoms with Crippen LogP contribution in [0.15, 0.2) is 28.8 Å². The minimum atomic E-state index is -4.72. The van der Waals surface area contributed by atoms with E-state index in [1.54, 1.807) is 24.3 Å². The zero-order valence-corrected chi connectivity index (χ0v) is 16.8. The van der Waals surface area contributed by atoms with Gasteiger partial charge in [0.1, 0.15) is 0 Å². The highest BCUT2D eigenvalue weighted by Crippen LogP contribution is 2.40. The van der Waals surface area contributed by atoms with E-state index in [2.05, 4.69) is 19.4 Å². The highest BCUT2D eigenvalue weighted by molar-refractivity contribution is 7.88. The molecule has 29 heavy (non-hydrogen) atoms. The number of nitrogens with zero attached hydrogens (tertiary/aromatic N) is 2. The zero-order chi connectivity index (χ0) is 21.3. The van der Waals surface area contributed by atoms with E-state index in [0.717, 1.165) is 12.7 Å². The summed E-state index contributed by atoms with van der Waals surface area (Å²) in [6.45, 7) is 2.92. The first-order chi connectivity index (χ1) is 13.5. The lowest BCUT2D eigenvalue weighted by atomic mass is 9.75. The first-order valence-electron chi connectivity index (χ1n) is 9.13. The molecule has 0 spiro atoms. The number of alkyl halides is 3. The molecule has 0 radical (unpaired) electrons. The van der Waals surface area contributed by atoms with Crippen LogP contribution in [0.4, 0.5) is 13.2 Å². The van der Waals surface area contributed by atoms with Crippen molar-refractivity contribution in [3.8, 4) is 11.4 Å². The normalized spacial score (nSPS) is 20.0. The molecule has 1 aromatic heterocycles. The lowest BCUT2D eigenvalue weighted by Gasteiger charge is -2.39. The maximum Gasteiger partial charge on any atom is 0.471 e. The predicted octanol–water partition coefficient (Wildman–Crippen LogP) is 3.34. The molecule has 1 aromatic carbocycles. The van der Waals surface area contributed by atoms with Gasteiger partial charge < -0.3 is 9.26 Å². The average Bonchev–Trinajstić information content (AvgIpc) is 3.32. The van der Waals surface area contributed by atoms with Gasteiger partial charge in [-0.2, -0.15) is 18.2 Å². The van der Waals surface area contributed by atoms with Crippen LogP contribution in [0.25, 0.3) is 11.4 Å².